The van der Waals surface area contributed by atoms with E-state index in [4.69, 9.17) is 5.40 Å². The summed E-state index contributed by atoms with van der Waals surface area (Å²) in [5.41, 5.74) is 1.34. The predicted molar refractivity (Wildman–Crippen MR) is 238 cm³/mol. The second kappa shape index (κ2) is 70.6. The van der Waals surface area contributed by atoms with Gasteiger partial charge in [-0.25, -0.2) is 23.8 Å². The molecule has 0 saturated carbocycles. The van der Waals surface area contributed by atoms with Crippen molar-refractivity contribution in [2.75, 3.05) is 52.4 Å². The van der Waals surface area contributed by atoms with Crippen molar-refractivity contribution in [1.29, 1.82) is 0 Å². The fraction of sp³-hybridized carbons (Fsp3) is 0.625. The fourth-order valence-corrected chi connectivity index (χ4v) is 3.13. The molecular formula is C40H88N6Si2Zr2-6. The molecule has 0 unspecified atom stereocenters. The molecule has 0 aromatic rings. The van der Waals surface area contributed by atoms with Gasteiger partial charge in [0.15, 0.2) is 0 Å². The molecule has 0 aromatic heterocycles. The molecule has 0 atom stereocenters. The number of hydrogen-bond acceptors (Lipinski definition) is 5. The largest absolute Gasteiger partial charge is 0.680 e. The molecular weight excluding hydrogens is 803 g/mol. The van der Waals surface area contributed by atoms with Crippen LogP contribution in [0.25, 0.3) is 5.40 Å². The summed E-state index contributed by atoms with van der Waals surface area (Å²) in [6, 6.07) is 0. The van der Waals surface area contributed by atoms with Crippen LogP contribution in [0.4, 0.5) is 0 Å². The van der Waals surface area contributed by atoms with Crippen molar-refractivity contribution in [3.63, 3.8) is 0 Å². The maximum atomic E-state index is 7.08. The number of nitrogens with one attached hydrogen (secondary N) is 6. The van der Waals surface area contributed by atoms with Crippen LogP contribution >= 0.6 is 0 Å². The Labute approximate surface area is 350 Å². The summed E-state index contributed by atoms with van der Waals surface area (Å²) in [5, 5.41) is 19.5. The summed E-state index contributed by atoms with van der Waals surface area (Å²) in [4.78, 5) is 3.30. The van der Waals surface area contributed by atoms with E-state index in [0.717, 1.165) is 65.2 Å². The Morgan fingerprint density at radius 3 is 1.10 bits per heavy atom. The summed E-state index contributed by atoms with van der Waals surface area (Å²) in [6.07, 6.45) is 20.2. The Morgan fingerprint density at radius 2 is 1.04 bits per heavy atom. The van der Waals surface area contributed by atoms with Gasteiger partial charge in [0.1, 0.15) is 0 Å². The molecule has 2 aliphatic carbocycles. The third-order valence-electron chi connectivity index (χ3n) is 4.03. The molecule has 0 radical (unpaired) electrons. The van der Waals surface area contributed by atoms with Gasteiger partial charge in [0, 0.05) is 0 Å². The molecule has 6 nitrogen and oxygen atoms in total. The van der Waals surface area contributed by atoms with Crippen LogP contribution in [0.15, 0.2) is 48.7 Å². The second-order valence-electron chi connectivity index (χ2n) is 11.4. The van der Waals surface area contributed by atoms with Gasteiger partial charge in [-0.15, -0.1) is 19.8 Å². The van der Waals surface area contributed by atoms with E-state index in [1.165, 1.54) is 54.0 Å². The molecule has 0 spiro atoms. The summed E-state index contributed by atoms with van der Waals surface area (Å²) in [5.74, 6) is 0. The van der Waals surface area contributed by atoms with E-state index in [1.807, 2.05) is 44.1 Å². The minimum atomic E-state index is -1.36. The monoisotopic (exact) mass is 888 g/mol. The van der Waals surface area contributed by atoms with Gasteiger partial charge in [0.2, 0.25) is 0 Å². The summed E-state index contributed by atoms with van der Waals surface area (Å²) >= 11 is 2.61. The quantitative estimate of drug-likeness (QED) is 0.112. The van der Waals surface area contributed by atoms with E-state index in [1.54, 1.807) is 0 Å². The maximum Gasteiger partial charge on any atom is -0.0701 e. The molecule has 0 saturated heterocycles. The summed E-state index contributed by atoms with van der Waals surface area (Å²) in [7, 11) is -2.39. The van der Waals surface area contributed by atoms with Gasteiger partial charge in [0.05, 0.1) is 0 Å². The van der Waals surface area contributed by atoms with Crippen molar-refractivity contribution in [3.05, 3.63) is 88.6 Å². The predicted octanol–water partition coefficient (Wildman–Crippen LogP) is 9.68. The van der Waals surface area contributed by atoms with Crippen LogP contribution in [0.3, 0.4) is 0 Å². The van der Waals surface area contributed by atoms with Crippen molar-refractivity contribution < 1.29 is 48.5 Å². The third kappa shape index (κ3) is 169. The Bertz CT molecular complexity index is 710. The van der Waals surface area contributed by atoms with Crippen LogP contribution in [0, 0.1) is 34.4 Å². The Hall–Kier alpha value is 0.0600. The zero-order valence-electron chi connectivity index (χ0n) is 36.7. The molecule has 0 amide bonds. The van der Waals surface area contributed by atoms with Crippen LogP contribution in [-0.2, 0) is 48.5 Å². The van der Waals surface area contributed by atoms with E-state index < -0.39 is 16.5 Å². The van der Waals surface area contributed by atoms with Gasteiger partial charge in [0.25, 0.3) is 0 Å². The van der Waals surface area contributed by atoms with Crippen molar-refractivity contribution in [3.8, 4) is 0 Å². The van der Waals surface area contributed by atoms with Crippen LogP contribution in [-0.4, -0.2) is 75.6 Å². The maximum absolute atomic E-state index is 7.08. The minimum absolute atomic E-state index is 0. The fourth-order valence-electron chi connectivity index (χ4n) is 2.09. The number of hydrogen-bond donors (Lipinski definition) is 5. The van der Waals surface area contributed by atoms with Gasteiger partial charge in [-0.1, -0.05) is 83.3 Å². The normalized spacial score (nSPS) is 10.2. The Balaban J connectivity index is -0.0000000451. The number of allylic oxidation sites excluding steroid dienone is 8. The first kappa shape index (κ1) is 75.1. The van der Waals surface area contributed by atoms with E-state index in [-0.39, 0.29) is 22.3 Å². The van der Waals surface area contributed by atoms with Gasteiger partial charge >= 0.3 is 101 Å². The molecule has 2 rings (SSSR count). The summed E-state index contributed by atoms with van der Waals surface area (Å²) < 4.78 is 5.60. The van der Waals surface area contributed by atoms with Gasteiger partial charge < -0.3 is 48.9 Å². The average Bonchev–Trinajstić information content (AvgIpc) is 3.72. The first-order valence-electron chi connectivity index (χ1n) is 17.3. The Kier molecular flexibility index (Phi) is 106. The molecule has 0 fully saturated rings. The Morgan fingerprint density at radius 1 is 0.720 bits per heavy atom. The zero-order chi connectivity index (χ0) is 38.3. The standard InChI is InChI=1S/C6H7.C5H11NSi.C5H5.4C4H11N.C3H10NSi.C2H2.3CH3.2Zr/c1-6-4-2-3-5-6;1-5-6-7(2,3)4;1-2-4-5-3-1;4*1-3-5-4-2;1-5(2,3)4;1-2;;;;;/h4-5H,2H2,1H3;5-6H,2-4H3;1-3H,4H2;4*5H,3-4H2,1-2H3;4H,1-3H3;1H2;3*1H3;;/q-1;;-1;;;;;-1;;3*-1;;. The zero-order valence-corrected chi connectivity index (χ0v) is 43.7. The minimum Gasteiger partial charge on any atom is -0.680 e. The van der Waals surface area contributed by atoms with Crippen molar-refractivity contribution >= 4 is 23.2 Å². The summed E-state index contributed by atoms with van der Waals surface area (Å²) in [6.45, 7) is 43.7. The molecule has 300 valence electrons. The molecule has 10 heteroatoms. The van der Waals surface area contributed by atoms with Crippen LogP contribution in [0.5, 0.6) is 0 Å². The van der Waals surface area contributed by atoms with Crippen LogP contribution < -0.4 is 26.2 Å². The second-order valence-corrected chi connectivity index (χ2v) is 22.3. The van der Waals surface area contributed by atoms with E-state index in [0.29, 0.717) is 0 Å². The average molecular weight is 892 g/mol. The topological polar surface area (TPSA) is 84.0 Å². The molecule has 50 heavy (non-hydrogen) atoms. The first-order valence-corrected chi connectivity index (χ1v) is 26.7. The van der Waals surface area contributed by atoms with E-state index >= 15 is 0 Å². The van der Waals surface area contributed by atoms with Gasteiger partial charge in [-0.2, -0.15) is 12.2 Å². The van der Waals surface area contributed by atoms with E-state index in [9.17, 15) is 0 Å². The van der Waals surface area contributed by atoms with Crippen LogP contribution in [0.2, 0.25) is 39.3 Å². The van der Waals surface area contributed by atoms with Crippen LogP contribution in [0.1, 0.15) is 75.2 Å². The number of rotatable bonds is 10. The van der Waals surface area contributed by atoms with Gasteiger partial charge in [-0.05, 0) is 52.4 Å². The first-order chi connectivity index (χ1) is 22.0. The molecule has 0 heterocycles. The van der Waals surface area contributed by atoms with Crippen molar-refractivity contribution in [2.24, 2.45) is 0 Å². The molecule has 6 N–H and O–H groups in total. The van der Waals surface area contributed by atoms with Crippen molar-refractivity contribution in [2.45, 2.75) is 114 Å². The van der Waals surface area contributed by atoms with Gasteiger partial charge in [-0.3, -0.25) is 12.2 Å². The molecule has 0 aliphatic heterocycles. The molecule has 2 aliphatic rings. The molecule has 0 bridgehead atoms. The smallest absolute Gasteiger partial charge is 0.0701 e. The van der Waals surface area contributed by atoms with E-state index in [2.05, 4.69) is 146 Å². The van der Waals surface area contributed by atoms with Crippen molar-refractivity contribution in [1.82, 2.24) is 26.2 Å². The third-order valence-corrected chi connectivity index (χ3v) is 5.40. The SMILES string of the molecule is C=[C]=[Zr].CC1=CC[C-]=C1.CCNCC.CCNCC.CCNCC.CCNCC.C[Si](C)(C)NC=[C]=[Zr].C[Si](C)(C)[NH-].[C-]1=CC=CC1.[CH3-].[CH3-].[CH3-]. The molecule has 0 aromatic carbocycles.